The molecule has 0 amide bonds. The maximum atomic E-state index is 5.79. The van der Waals surface area contributed by atoms with Gasteiger partial charge in [-0.15, -0.1) is 5.10 Å². The molecule has 0 aliphatic heterocycles. The van der Waals surface area contributed by atoms with E-state index in [0.29, 0.717) is 19.3 Å². The fraction of sp³-hybridized carbons (Fsp3) is 0.500. The molecule has 1 aromatic carbocycles. The molecule has 0 spiro atoms. The number of aromatic nitrogens is 3. The van der Waals surface area contributed by atoms with Gasteiger partial charge in [-0.1, -0.05) is 49.4 Å². The van der Waals surface area contributed by atoms with E-state index in [-0.39, 0.29) is 0 Å². The maximum Gasteiger partial charge on any atom is 0.336 e. The largest absolute Gasteiger partial charge is 0.463 e. The third-order valence-electron chi connectivity index (χ3n) is 3.30. The van der Waals surface area contributed by atoms with E-state index in [1.54, 1.807) is 4.68 Å². The van der Waals surface area contributed by atoms with Crippen molar-refractivity contribution in [3.63, 3.8) is 0 Å². The second-order valence-electron chi connectivity index (χ2n) is 6.62. The molecule has 0 saturated carbocycles. The summed E-state index contributed by atoms with van der Waals surface area (Å²) >= 11 is 0. The first-order chi connectivity index (χ1) is 10.9. The molecule has 1 aromatic heterocycles. The normalized spacial score (nSPS) is 11.7. The number of nitrogens with zero attached hydrogens (tertiary/aromatic N) is 3. The van der Waals surface area contributed by atoms with Gasteiger partial charge in [0.15, 0.2) is 5.82 Å². The van der Waals surface area contributed by atoms with Gasteiger partial charge < -0.3 is 9.47 Å². The van der Waals surface area contributed by atoms with E-state index in [1.807, 2.05) is 31.2 Å². The molecular weight excluding hydrogens is 305 g/mol. The summed E-state index contributed by atoms with van der Waals surface area (Å²) in [7, 11) is 4.65. The molecule has 2 aromatic rings. The van der Waals surface area contributed by atoms with Gasteiger partial charge in [-0.05, 0) is 13.0 Å². The van der Waals surface area contributed by atoms with Gasteiger partial charge in [-0.25, -0.2) is 4.68 Å². The van der Waals surface area contributed by atoms with Crippen molar-refractivity contribution < 1.29 is 9.47 Å². The molecule has 0 atom stereocenters. The molecule has 23 heavy (non-hydrogen) atoms. The lowest BCUT2D eigenvalue weighted by atomic mass is 9.95. The zero-order chi connectivity index (χ0) is 16.9. The van der Waals surface area contributed by atoms with Crippen LogP contribution in [0.2, 0.25) is 25.7 Å². The monoisotopic (exact) mass is 329 g/mol. The van der Waals surface area contributed by atoms with Gasteiger partial charge in [-0.2, -0.15) is 4.98 Å². The minimum Gasteiger partial charge on any atom is -0.463 e. The average Bonchev–Trinajstić information content (AvgIpc) is 2.87. The third kappa shape index (κ3) is 5.51. The highest BCUT2D eigenvalue weighted by atomic mass is 28.3. The summed E-state index contributed by atoms with van der Waals surface area (Å²) in [6.45, 7) is 10.5. The lowest BCUT2D eigenvalue weighted by Gasteiger charge is -2.15. The van der Waals surface area contributed by atoms with Gasteiger partial charge in [0, 0.05) is 20.2 Å². The molecule has 7 heteroatoms. The standard InChI is InChI=1S/C16H24BN3O2Si/c1-5-22-16-18-15(13-6-8-14(17)9-7-13)20(19-16)12-21-10-11-23(2,3)4/h6-9H,5,10-12H2,1-4H3. The van der Waals surface area contributed by atoms with Crippen molar-refractivity contribution in [2.45, 2.75) is 39.3 Å². The highest BCUT2D eigenvalue weighted by Gasteiger charge is 2.15. The number of rotatable bonds is 8. The molecule has 0 unspecified atom stereocenters. The van der Waals surface area contributed by atoms with Gasteiger partial charge in [0.25, 0.3) is 0 Å². The first kappa shape index (κ1) is 17.8. The maximum absolute atomic E-state index is 5.79. The predicted octanol–water partition coefficient (Wildman–Crippen LogP) is 2.45. The fourth-order valence-electron chi connectivity index (χ4n) is 1.98. The molecule has 2 rings (SSSR count). The predicted molar refractivity (Wildman–Crippen MR) is 96.1 cm³/mol. The summed E-state index contributed by atoms with van der Waals surface area (Å²) in [4.78, 5) is 4.44. The summed E-state index contributed by atoms with van der Waals surface area (Å²) in [5.74, 6) is 0.724. The second kappa shape index (κ2) is 7.79. The van der Waals surface area contributed by atoms with Crippen molar-refractivity contribution in [3.8, 4) is 17.4 Å². The molecule has 5 nitrogen and oxygen atoms in total. The Morgan fingerprint density at radius 3 is 2.48 bits per heavy atom. The molecule has 0 bridgehead atoms. The van der Waals surface area contributed by atoms with Crippen molar-refractivity contribution in [3.05, 3.63) is 24.3 Å². The van der Waals surface area contributed by atoms with Crippen LogP contribution in [-0.4, -0.2) is 43.9 Å². The van der Waals surface area contributed by atoms with Gasteiger partial charge in [0.1, 0.15) is 14.6 Å². The molecule has 0 aliphatic carbocycles. The van der Waals surface area contributed by atoms with Crippen LogP contribution in [0, 0.1) is 0 Å². The average molecular weight is 329 g/mol. The molecule has 122 valence electrons. The Kier molecular flexibility index (Phi) is 6.01. The van der Waals surface area contributed by atoms with Crippen LogP contribution in [0.3, 0.4) is 0 Å². The Hall–Kier alpha value is -1.60. The SMILES string of the molecule is [B]c1ccc(-c2nc(OCC)nn2COCC[Si](C)(C)C)cc1. The molecule has 1 heterocycles. The lowest BCUT2D eigenvalue weighted by molar-refractivity contribution is 0.0786. The van der Waals surface area contributed by atoms with E-state index in [1.165, 1.54) is 0 Å². The summed E-state index contributed by atoms with van der Waals surface area (Å²) in [5, 5.41) is 4.37. The van der Waals surface area contributed by atoms with Crippen LogP contribution in [0.1, 0.15) is 6.92 Å². The molecule has 2 radical (unpaired) electrons. The van der Waals surface area contributed by atoms with Crippen molar-refractivity contribution in [1.82, 2.24) is 14.8 Å². The number of hydrogen-bond acceptors (Lipinski definition) is 4. The topological polar surface area (TPSA) is 49.2 Å². The van der Waals surface area contributed by atoms with Crippen molar-refractivity contribution in [2.24, 2.45) is 0 Å². The van der Waals surface area contributed by atoms with Crippen LogP contribution in [0.15, 0.2) is 24.3 Å². The van der Waals surface area contributed by atoms with Crippen LogP contribution < -0.4 is 10.2 Å². The van der Waals surface area contributed by atoms with Gasteiger partial charge in [0.05, 0.1) is 6.61 Å². The quantitative estimate of drug-likeness (QED) is 0.551. The van der Waals surface area contributed by atoms with Gasteiger partial charge in [0.2, 0.25) is 0 Å². The van der Waals surface area contributed by atoms with Crippen molar-refractivity contribution >= 4 is 21.4 Å². The Bertz CT molecular complexity index is 623. The highest BCUT2D eigenvalue weighted by molar-refractivity contribution is 6.76. The zero-order valence-electron chi connectivity index (χ0n) is 14.4. The summed E-state index contributed by atoms with van der Waals surface area (Å²) < 4.78 is 12.9. The minimum absolute atomic E-state index is 0.365. The van der Waals surface area contributed by atoms with E-state index in [2.05, 4.69) is 29.7 Å². The Labute approximate surface area is 140 Å². The van der Waals surface area contributed by atoms with E-state index in [0.717, 1.165) is 29.5 Å². The zero-order valence-corrected chi connectivity index (χ0v) is 15.4. The van der Waals surface area contributed by atoms with Crippen LogP contribution in [0.5, 0.6) is 6.01 Å². The van der Waals surface area contributed by atoms with Crippen LogP contribution in [-0.2, 0) is 11.5 Å². The van der Waals surface area contributed by atoms with Crippen molar-refractivity contribution in [1.29, 1.82) is 0 Å². The molecule has 0 saturated heterocycles. The summed E-state index contributed by atoms with van der Waals surface area (Å²) in [6.07, 6.45) is 0. The van der Waals surface area contributed by atoms with Crippen LogP contribution >= 0.6 is 0 Å². The summed E-state index contributed by atoms with van der Waals surface area (Å²) in [6, 6.07) is 9.04. The van der Waals surface area contributed by atoms with E-state index >= 15 is 0 Å². The Balaban J connectivity index is 2.11. The second-order valence-corrected chi connectivity index (χ2v) is 12.2. The third-order valence-corrected chi connectivity index (χ3v) is 5.01. The van der Waals surface area contributed by atoms with E-state index in [4.69, 9.17) is 17.3 Å². The minimum atomic E-state index is -1.10. The Morgan fingerprint density at radius 1 is 1.17 bits per heavy atom. The first-order valence-electron chi connectivity index (χ1n) is 7.90. The highest BCUT2D eigenvalue weighted by Crippen LogP contribution is 2.19. The number of hydrogen-bond donors (Lipinski definition) is 0. The van der Waals surface area contributed by atoms with Crippen molar-refractivity contribution in [2.75, 3.05) is 13.2 Å². The van der Waals surface area contributed by atoms with E-state index < -0.39 is 8.07 Å². The molecular formula is C16H24BN3O2Si. The first-order valence-corrected chi connectivity index (χ1v) is 11.6. The molecule has 0 fully saturated rings. The molecule has 0 aliphatic rings. The van der Waals surface area contributed by atoms with E-state index in [9.17, 15) is 0 Å². The van der Waals surface area contributed by atoms with Gasteiger partial charge >= 0.3 is 6.01 Å². The van der Waals surface area contributed by atoms with Crippen LogP contribution in [0.25, 0.3) is 11.4 Å². The van der Waals surface area contributed by atoms with Crippen LogP contribution in [0.4, 0.5) is 0 Å². The fourth-order valence-corrected chi connectivity index (χ4v) is 2.73. The smallest absolute Gasteiger partial charge is 0.336 e. The molecule has 0 N–H and O–H groups in total. The number of benzene rings is 1. The lowest BCUT2D eigenvalue weighted by Crippen LogP contribution is -2.22. The summed E-state index contributed by atoms with van der Waals surface area (Å²) in [5.41, 5.74) is 1.66. The number of ether oxygens (including phenoxy) is 2. The Morgan fingerprint density at radius 2 is 1.87 bits per heavy atom. The van der Waals surface area contributed by atoms with Gasteiger partial charge in [-0.3, -0.25) is 0 Å².